The Hall–Kier alpha value is -1.83. The van der Waals surface area contributed by atoms with E-state index in [1.54, 1.807) is 30.6 Å². The van der Waals surface area contributed by atoms with Gasteiger partial charge in [0.2, 0.25) is 5.88 Å². The van der Waals surface area contributed by atoms with Crippen LogP contribution in [0.1, 0.15) is 25.8 Å². The van der Waals surface area contributed by atoms with Gasteiger partial charge in [0.05, 0.1) is 29.4 Å². The Morgan fingerprint density at radius 2 is 1.78 bits per heavy atom. The molecule has 1 aromatic heterocycles. The maximum Gasteiger partial charge on any atom is 0.213 e. The van der Waals surface area contributed by atoms with E-state index in [4.69, 9.17) is 65.5 Å². The van der Waals surface area contributed by atoms with Crippen LogP contribution in [0.5, 0.6) is 17.4 Å². The fourth-order valence-electron chi connectivity index (χ4n) is 2.25. The quantitative estimate of drug-likeness (QED) is 0.230. The molecule has 1 aromatic carbocycles. The van der Waals surface area contributed by atoms with Crippen molar-refractivity contribution in [3.05, 3.63) is 62.8 Å². The zero-order valence-corrected chi connectivity index (χ0v) is 20.6. The number of nitrogens with one attached hydrogen (secondary N) is 1. The Labute approximate surface area is 208 Å². The molecule has 2 aromatic rings. The van der Waals surface area contributed by atoms with Gasteiger partial charge in [-0.1, -0.05) is 46.4 Å². The lowest BCUT2D eigenvalue weighted by atomic mass is 10.3. The first-order valence-electron chi connectivity index (χ1n) is 9.77. The summed E-state index contributed by atoms with van der Waals surface area (Å²) in [5.74, 6) is 1.39. The number of ether oxygens (including phenoxy) is 3. The van der Waals surface area contributed by atoms with Crippen molar-refractivity contribution in [2.24, 2.45) is 0 Å². The molecule has 1 N–H and O–H groups in total. The first-order valence-corrected chi connectivity index (χ1v) is 11.3. The van der Waals surface area contributed by atoms with Gasteiger partial charge in [0.15, 0.2) is 5.75 Å². The molecular weight excluding hydrogens is 498 g/mol. The molecule has 174 valence electrons. The van der Waals surface area contributed by atoms with Crippen LogP contribution in [0.25, 0.3) is 6.08 Å². The fraction of sp³-hybridized carbons (Fsp3) is 0.318. The van der Waals surface area contributed by atoms with Crippen LogP contribution < -0.4 is 19.7 Å². The number of hydrogen-bond acceptors (Lipinski definition) is 6. The normalized spacial score (nSPS) is 11.0. The van der Waals surface area contributed by atoms with E-state index in [1.807, 2.05) is 26.0 Å². The number of benzene rings is 1. The Balaban J connectivity index is 1.73. The Morgan fingerprint density at radius 1 is 1.06 bits per heavy atom. The Morgan fingerprint density at radius 3 is 2.41 bits per heavy atom. The van der Waals surface area contributed by atoms with E-state index in [0.29, 0.717) is 47.1 Å². The van der Waals surface area contributed by atoms with Gasteiger partial charge in [-0.05, 0) is 37.6 Å². The number of halogens is 4. The van der Waals surface area contributed by atoms with E-state index >= 15 is 0 Å². The predicted octanol–water partition coefficient (Wildman–Crippen LogP) is 6.83. The van der Waals surface area contributed by atoms with E-state index in [1.165, 1.54) is 6.08 Å². The molecule has 0 radical (unpaired) electrons. The molecule has 0 bridgehead atoms. The number of hydroxylamine groups is 1. The van der Waals surface area contributed by atoms with E-state index in [9.17, 15) is 0 Å². The molecule has 0 aliphatic carbocycles. The maximum absolute atomic E-state index is 6.24. The van der Waals surface area contributed by atoms with E-state index in [0.717, 1.165) is 5.56 Å². The number of hydrogen-bond donors (Lipinski definition) is 1. The van der Waals surface area contributed by atoms with Crippen molar-refractivity contribution in [2.75, 3.05) is 19.8 Å². The molecule has 0 aliphatic heterocycles. The highest BCUT2D eigenvalue weighted by Crippen LogP contribution is 2.37. The van der Waals surface area contributed by atoms with Gasteiger partial charge in [-0.3, -0.25) is 10.3 Å². The Kier molecular flexibility index (Phi) is 11.8. The second kappa shape index (κ2) is 14.3. The molecule has 0 amide bonds. The summed E-state index contributed by atoms with van der Waals surface area (Å²) in [4.78, 5) is 9.47. The molecule has 0 saturated carbocycles. The van der Waals surface area contributed by atoms with Gasteiger partial charge in [-0.2, -0.15) is 0 Å². The number of rotatable bonds is 13. The first kappa shape index (κ1) is 26.4. The summed E-state index contributed by atoms with van der Waals surface area (Å²) >= 11 is 23.6. The molecule has 1 heterocycles. The van der Waals surface area contributed by atoms with Crippen LogP contribution in [0, 0.1) is 0 Å². The summed E-state index contributed by atoms with van der Waals surface area (Å²) in [6, 6.07) is 6.91. The summed E-state index contributed by atoms with van der Waals surface area (Å²) < 4.78 is 16.9. The van der Waals surface area contributed by atoms with Gasteiger partial charge in [0.25, 0.3) is 0 Å². The van der Waals surface area contributed by atoms with Gasteiger partial charge in [0, 0.05) is 37.0 Å². The summed E-state index contributed by atoms with van der Waals surface area (Å²) in [5, 5.41) is 0.681. The van der Waals surface area contributed by atoms with Crippen molar-refractivity contribution >= 4 is 52.5 Å². The summed E-state index contributed by atoms with van der Waals surface area (Å²) in [5.41, 5.74) is 3.66. The van der Waals surface area contributed by atoms with Crippen LogP contribution in [0.15, 0.2) is 47.2 Å². The van der Waals surface area contributed by atoms with Crippen molar-refractivity contribution < 1.29 is 19.0 Å². The second-order valence-electron chi connectivity index (χ2n) is 6.62. The maximum atomic E-state index is 6.24. The lowest BCUT2D eigenvalue weighted by Gasteiger charge is -2.12. The molecule has 0 fully saturated rings. The zero-order valence-electron chi connectivity index (χ0n) is 17.6. The number of nitrogens with zero attached hydrogens (tertiary/aromatic N) is 1. The number of pyridine rings is 1. The van der Waals surface area contributed by atoms with Crippen molar-refractivity contribution in [2.45, 2.75) is 26.4 Å². The second-order valence-corrected chi connectivity index (χ2v) is 8.44. The van der Waals surface area contributed by atoms with Crippen LogP contribution in [-0.2, 0) is 4.84 Å². The minimum Gasteiger partial charge on any atom is -0.490 e. The smallest absolute Gasteiger partial charge is 0.213 e. The molecule has 10 heteroatoms. The van der Waals surface area contributed by atoms with Crippen LogP contribution in [0.2, 0.25) is 10.0 Å². The van der Waals surface area contributed by atoms with E-state index in [2.05, 4.69) is 10.5 Å². The van der Waals surface area contributed by atoms with Crippen molar-refractivity contribution in [3.8, 4) is 17.4 Å². The summed E-state index contributed by atoms with van der Waals surface area (Å²) in [6.45, 7) is 4.87. The van der Waals surface area contributed by atoms with Crippen molar-refractivity contribution in [1.82, 2.24) is 10.5 Å². The van der Waals surface area contributed by atoms with Crippen LogP contribution in [0.3, 0.4) is 0 Å². The van der Waals surface area contributed by atoms with Crippen LogP contribution in [0.4, 0.5) is 0 Å². The van der Waals surface area contributed by atoms with Gasteiger partial charge in [-0.15, -0.1) is 0 Å². The summed E-state index contributed by atoms with van der Waals surface area (Å²) in [7, 11) is 0. The van der Waals surface area contributed by atoms with E-state index < -0.39 is 0 Å². The first-order chi connectivity index (χ1) is 15.3. The molecule has 2 rings (SSSR count). The molecule has 32 heavy (non-hydrogen) atoms. The zero-order chi connectivity index (χ0) is 23.3. The molecule has 0 saturated heterocycles. The average molecular weight is 522 g/mol. The van der Waals surface area contributed by atoms with Gasteiger partial charge >= 0.3 is 0 Å². The van der Waals surface area contributed by atoms with Crippen LogP contribution >= 0.6 is 46.4 Å². The topological polar surface area (TPSA) is 61.8 Å². The molecule has 0 spiro atoms. The minimum absolute atomic E-state index is 0.0990. The van der Waals surface area contributed by atoms with E-state index in [-0.39, 0.29) is 17.2 Å². The predicted molar refractivity (Wildman–Crippen MR) is 130 cm³/mol. The third-order valence-electron chi connectivity index (χ3n) is 3.65. The highest BCUT2D eigenvalue weighted by molar-refractivity contribution is 6.55. The SMILES string of the molecule is CC(C)ONC=Cc1ccc(OCCCOc2c(Cl)cc(OCC=C(Cl)Cl)cc2Cl)nc1. The molecule has 0 unspecified atom stereocenters. The van der Waals surface area contributed by atoms with Gasteiger partial charge < -0.3 is 14.2 Å². The van der Waals surface area contributed by atoms with Crippen molar-refractivity contribution in [3.63, 3.8) is 0 Å². The molecule has 0 atom stereocenters. The highest BCUT2D eigenvalue weighted by atomic mass is 35.5. The lowest BCUT2D eigenvalue weighted by molar-refractivity contribution is 0.0216. The molecule has 0 aliphatic rings. The van der Waals surface area contributed by atoms with Crippen LogP contribution in [-0.4, -0.2) is 30.9 Å². The monoisotopic (exact) mass is 520 g/mol. The largest absolute Gasteiger partial charge is 0.490 e. The third kappa shape index (κ3) is 10.2. The minimum atomic E-state index is 0.0990. The fourth-order valence-corrected chi connectivity index (χ4v) is 2.95. The average Bonchev–Trinajstić information content (AvgIpc) is 2.73. The van der Waals surface area contributed by atoms with Crippen molar-refractivity contribution in [1.29, 1.82) is 0 Å². The third-order valence-corrected chi connectivity index (χ3v) is 4.52. The molecule has 6 nitrogen and oxygen atoms in total. The Bertz CT molecular complexity index is 878. The lowest BCUT2D eigenvalue weighted by Crippen LogP contribution is -2.12. The van der Waals surface area contributed by atoms with Gasteiger partial charge in [0.1, 0.15) is 16.8 Å². The molecular formula is C22H24Cl4N2O4. The summed E-state index contributed by atoms with van der Waals surface area (Å²) in [6.07, 6.45) is 7.48. The standard InChI is InChI=1S/C22H24Cl4N2O4/c1-15(2)32-28-8-6-16-4-5-21(27-14-16)30-9-3-10-31-22-18(23)12-17(13-19(22)24)29-11-7-20(25)26/h4-8,12-15,28H,3,9-11H2,1-2H3. The number of aromatic nitrogens is 1. The van der Waals surface area contributed by atoms with Gasteiger partial charge in [-0.25, -0.2) is 4.98 Å². The highest BCUT2D eigenvalue weighted by Gasteiger charge is 2.10.